The van der Waals surface area contributed by atoms with Gasteiger partial charge in [-0.1, -0.05) is 11.6 Å². The molecule has 3 rings (SSSR count). The highest BCUT2D eigenvalue weighted by Crippen LogP contribution is 2.24. The maximum absolute atomic E-state index is 5.97. The smallest absolute Gasteiger partial charge is 0.224 e. The highest BCUT2D eigenvalue weighted by molar-refractivity contribution is 6.35. The molecule has 1 saturated heterocycles. The predicted molar refractivity (Wildman–Crippen MR) is 70.4 cm³/mol. The Labute approximate surface area is 114 Å². The molecule has 0 saturated carbocycles. The zero-order valence-electron chi connectivity index (χ0n) is 9.44. The van der Waals surface area contributed by atoms with Gasteiger partial charge in [-0.3, -0.25) is 0 Å². The van der Waals surface area contributed by atoms with Crippen molar-refractivity contribution in [3.05, 3.63) is 22.7 Å². The van der Waals surface area contributed by atoms with Crippen molar-refractivity contribution < 1.29 is 4.74 Å². The number of morpholine rings is 1. The van der Waals surface area contributed by atoms with Crippen molar-refractivity contribution in [2.45, 2.75) is 0 Å². The fourth-order valence-electron chi connectivity index (χ4n) is 1.94. The van der Waals surface area contributed by atoms with E-state index in [0.29, 0.717) is 11.0 Å². The van der Waals surface area contributed by atoms with Crippen molar-refractivity contribution in [1.82, 2.24) is 15.0 Å². The summed E-state index contributed by atoms with van der Waals surface area (Å²) in [6.45, 7) is 3.14. The second kappa shape index (κ2) is 4.84. The lowest BCUT2D eigenvalue weighted by atomic mass is 10.3. The molecule has 0 radical (unpaired) electrons. The molecule has 0 amide bonds. The molecule has 5 nitrogen and oxygen atoms in total. The Morgan fingerprint density at radius 2 is 1.94 bits per heavy atom. The van der Waals surface area contributed by atoms with E-state index in [9.17, 15) is 0 Å². The summed E-state index contributed by atoms with van der Waals surface area (Å²) in [5, 5.41) is 0.409. The van der Waals surface area contributed by atoms with E-state index in [1.807, 2.05) is 6.07 Å². The number of ether oxygens (including phenoxy) is 1. The third-order valence-electron chi connectivity index (χ3n) is 2.83. The number of hydrogen-bond acceptors (Lipinski definition) is 5. The lowest BCUT2D eigenvalue weighted by Crippen LogP contribution is -2.36. The molecule has 0 aliphatic carbocycles. The molecule has 2 aromatic heterocycles. The molecule has 0 aromatic carbocycles. The number of anilines is 1. The molecule has 0 N–H and O–H groups in total. The first-order valence-electron chi connectivity index (χ1n) is 5.55. The monoisotopic (exact) mass is 284 g/mol. The van der Waals surface area contributed by atoms with E-state index < -0.39 is 0 Å². The SMILES string of the molecule is Clc1nc(Cl)c2ncc(N3CCOCC3)cc2n1. The van der Waals surface area contributed by atoms with Crippen LogP contribution in [0.4, 0.5) is 5.69 Å². The summed E-state index contributed by atoms with van der Waals surface area (Å²) in [5.41, 5.74) is 2.22. The number of nitrogens with zero attached hydrogens (tertiary/aromatic N) is 4. The Kier molecular flexibility index (Phi) is 3.20. The van der Waals surface area contributed by atoms with Gasteiger partial charge in [0.2, 0.25) is 5.28 Å². The fraction of sp³-hybridized carbons (Fsp3) is 0.364. The van der Waals surface area contributed by atoms with Crippen LogP contribution in [0.25, 0.3) is 11.0 Å². The Bertz CT molecular complexity index is 587. The van der Waals surface area contributed by atoms with Crippen LogP contribution in [0.15, 0.2) is 12.3 Å². The Hall–Kier alpha value is -1.17. The van der Waals surface area contributed by atoms with Gasteiger partial charge >= 0.3 is 0 Å². The molecule has 1 aliphatic heterocycles. The van der Waals surface area contributed by atoms with E-state index in [0.717, 1.165) is 32.0 Å². The quantitative estimate of drug-likeness (QED) is 0.593. The van der Waals surface area contributed by atoms with Crippen molar-refractivity contribution in [2.24, 2.45) is 0 Å². The van der Waals surface area contributed by atoms with Gasteiger partial charge in [-0.25, -0.2) is 15.0 Å². The second-order valence-corrected chi connectivity index (χ2v) is 4.64. The van der Waals surface area contributed by atoms with Crippen LogP contribution in [0.1, 0.15) is 0 Å². The first-order chi connectivity index (χ1) is 8.74. The van der Waals surface area contributed by atoms with Crippen molar-refractivity contribution in [2.75, 3.05) is 31.2 Å². The summed E-state index contributed by atoms with van der Waals surface area (Å²) >= 11 is 11.8. The lowest BCUT2D eigenvalue weighted by Gasteiger charge is -2.28. The highest BCUT2D eigenvalue weighted by Gasteiger charge is 2.13. The number of fused-ring (bicyclic) bond motifs is 1. The molecular formula is C11H10Cl2N4O. The minimum absolute atomic E-state index is 0.133. The van der Waals surface area contributed by atoms with Gasteiger partial charge in [0.1, 0.15) is 5.52 Å². The normalized spacial score (nSPS) is 16.2. The van der Waals surface area contributed by atoms with E-state index in [-0.39, 0.29) is 10.4 Å². The number of pyridine rings is 1. The van der Waals surface area contributed by atoms with Crippen molar-refractivity contribution >= 4 is 39.9 Å². The third-order valence-corrected chi connectivity index (χ3v) is 3.26. The van der Waals surface area contributed by atoms with Crippen LogP contribution in [-0.4, -0.2) is 41.3 Å². The van der Waals surface area contributed by atoms with Crippen LogP contribution in [-0.2, 0) is 4.74 Å². The Morgan fingerprint density at radius 1 is 1.17 bits per heavy atom. The van der Waals surface area contributed by atoms with Gasteiger partial charge in [0.15, 0.2) is 5.15 Å². The van der Waals surface area contributed by atoms with E-state index in [1.54, 1.807) is 6.20 Å². The highest BCUT2D eigenvalue weighted by atomic mass is 35.5. The van der Waals surface area contributed by atoms with Crippen LogP contribution in [0, 0.1) is 0 Å². The second-order valence-electron chi connectivity index (χ2n) is 3.94. The molecular weight excluding hydrogens is 275 g/mol. The molecule has 94 valence electrons. The Balaban J connectivity index is 2.04. The van der Waals surface area contributed by atoms with Gasteiger partial charge in [-0.2, -0.15) is 0 Å². The molecule has 0 spiro atoms. The van der Waals surface area contributed by atoms with Gasteiger partial charge in [-0.05, 0) is 17.7 Å². The average molecular weight is 285 g/mol. The number of halogens is 2. The van der Waals surface area contributed by atoms with Crippen LogP contribution in [0.2, 0.25) is 10.4 Å². The van der Waals surface area contributed by atoms with E-state index >= 15 is 0 Å². The predicted octanol–water partition coefficient (Wildman–Crippen LogP) is 2.17. The van der Waals surface area contributed by atoms with Crippen LogP contribution in [0.3, 0.4) is 0 Å². The molecule has 18 heavy (non-hydrogen) atoms. The maximum atomic E-state index is 5.97. The summed E-state index contributed by atoms with van der Waals surface area (Å²) in [6.07, 6.45) is 1.77. The van der Waals surface area contributed by atoms with Gasteiger partial charge < -0.3 is 9.64 Å². The molecule has 1 aliphatic rings. The molecule has 0 atom stereocenters. The first-order valence-corrected chi connectivity index (χ1v) is 6.31. The van der Waals surface area contributed by atoms with Crippen molar-refractivity contribution in [3.8, 4) is 0 Å². The molecule has 0 unspecified atom stereocenters. The summed E-state index contributed by atoms with van der Waals surface area (Å²) in [4.78, 5) is 14.5. The minimum atomic E-state index is 0.133. The van der Waals surface area contributed by atoms with Gasteiger partial charge in [0.25, 0.3) is 0 Å². The zero-order chi connectivity index (χ0) is 12.5. The Morgan fingerprint density at radius 3 is 2.72 bits per heavy atom. The summed E-state index contributed by atoms with van der Waals surface area (Å²) in [6, 6.07) is 1.92. The molecule has 2 aromatic rings. The number of aromatic nitrogens is 3. The van der Waals surface area contributed by atoms with Crippen LogP contribution in [0.5, 0.6) is 0 Å². The van der Waals surface area contributed by atoms with E-state index in [1.165, 1.54) is 0 Å². The summed E-state index contributed by atoms with van der Waals surface area (Å²) in [5.74, 6) is 0. The molecule has 7 heteroatoms. The molecule has 1 fully saturated rings. The van der Waals surface area contributed by atoms with Crippen molar-refractivity contribution in [3.63, 3.8) is 0 Å². The summed E-state index contributed by atoms with van der Waals surface area (Å²) < 4.78 is 5.32. The van der Waals surface area contributed by atoms with Gasteiger partial charge in [0.05, 0.1) is 30.6 Å². The fourth-order valence-corrected chi connectivity index (χ4v) is 2.38. The number of rotatable bonds is 1. The molecule has 3 heterocycles. The minimum Gasteiger partial charge on any atom is -0.378 e. The van der Waals surface area contributed by atoms with Gasteiger partial charge in [0, 0.05) is 13.1 Å². The number of hydrogen-bond donors (Lipinski definition) is 0. The standard InChI is InChI=1S/C11H10Cl2N4O/c12-10-9-8(15-11(13)16-10)5-7(6-14-9)17-1-3-18-4-2-17/h5-6H,1-4H2. The average Bonchev–Trinajstić information content (AvgIpc) is 2.39. The van der Waals surface area contributed by atoms with Gasteiger partial charge in [-0.15, -0.1) is 0 Å². The largest absolute Gasteiger partial charge is 0.378 e. The topological polar surface area (TPSA) is 51.1 Å². The van der Waals surface area contributed by atoms with E-state index in [4.69, 9.17) is 27.9 Å². The first kappa shape index (κ1) is 11.9. The van der Waals surface area contributed by atoms with Crippen LogP contribution < -0.4 is 4.90 Å². The zero-order valence-corrected chi connectivity index (χ0v) is 10.9. The summed E-state index contributed by atoms with van der Waals surface area (Å²) in [7, 11) is 0. The lowest BCUT2D eigenvalue weighted by molar-refractivity contribution is 0.122. The van der Waals surface area contributed by atoms with E-state index in [2.05, 4.69) is 19.9 Å². The van der Waals surface area contributed by atoms with Crippen LogP contribution >= 0.6 is 23.2 Å². The van der Waals surface area contributed by atoms with Crippen molar-refractivity contribution in [1.29, 1.82) is 0 Å². The molecule has 0 bridgehead atoms. The maximum Gasteiger partial charge on any atom is 0.224 e. The third kappa shape index (κ3) is 2.21.